The maximum Gasteiger partial charge on any atom is 0.394 e. The second kappa shape index (κ2) is 2.60. The van der Waals surface area contributed by atoms with Crippen molar-refractivity contribution in [1.29, 1.82) is 0 Å². The summed E-state index contributed by atoms with van der Waals surface area (Å²) < 4.78 is 35.6. The Labute approximate surface area is 57.2 Å². The Hall–Kier alpha value is -0.540. The van der Waals surface area contributed by atoms with Crippen molar-refractivity contribution in [2.75, 3.05) is 0 Å². The van der Waals surface area contributed by atoms with Gasteiger partial charge in [0.1, 0.15) is 6.29 Å². The molecule has 0 rings (SSSR count). The molecular weight excluding hydrogens is 145 g/mol. The number of alkyl halides is 3. The SMILES string of the molecule is CC(C)(CC=O)C(F)(F)F. The van der Waals surface area contributed by atoms with Crippen LogP contribution in [0.3, 0.4) is 0 Å². The quantitative estimate of drug-likeness (QED) is 0.557. The Morgan fingerprint density at radius 2 is 1.70 bits per heavy atom. The van der Waals surface area contributed by atoms with Gasteiger partial charge in [0.25, 0.3) is 0 Å². The Bertz CT molecular complexity index is 125. The van der Waals surface area contributed by atoms with Crippen molar-refractivity contribution < 1.29 is 18.0 Å². The zero-order valence-corrected chi connectivity index (χ0v) is 5.83. The van der Waals surface area contributed by atoms with Crippen LogP contribution in [-0.2, 0) is 4.79 Å². The van der Waals surface area contributed by atoms with E-state index < -0.39 is 18.0 Å². The van der Waals surface area contributed by atoms with Gasteiger partial charge in [-0.15, -0.1) is 0 Å². The number of rotatable bonds is 2. The summed E-state index contributed by atoms with van der Waals surface area (Å²) in [4.78, 5) is 9.77. The molecule has 0 spiro atoms. The molecular formula is C6H9F3O. The van der Waals surface area contributed by atoms with E-state index in [4.69, 9.17) is 0 Å². The number of hydrogen-bond donors (Lipinski definition) is 0. The van der Waals surface area contributed by atoms with E-state index >= 15 is 0 Å². The van der Waals surface area contributed by atoms with Crippen LogP contribution in [0.25, 0.3) is 0 Å². The van der Waals surface area contributed by atoms with E-state index in [9.17, 15) is 18.0 Å². The molecule has 0 aliphatic carbocycles. The van der Waals surface area contributed by atoms with Gasteiger partial charge in [-0.1, -0.05) is 13.8 Å². The molecule has 0 fully saturated rings. The lowest BCUT2D eigenvalue weighted by Gasteiger charge is -2.24. The summed E-state index contributed by atoms with van der Waals surface area (Å²) in [6.07, 6.45) is -4.47. The Kier molecular flexibility index (Phi) is 2.46. The molecule has 0 saturated heterocycles. The highest BCUT2D eigenvalue weighted by Crippen LogP contribution is 2.39. The molecule has 60 valence electrons. The smallest absolute Gasteiger partial charge is 0.303 e. The van der Waals surface area contributed by atoms with Crippen molar-refractivity contribution in [3.63, 3.8) is 0 Å². The molecule has 0 atom stereocenters. The third-order valence-corrected chi connectivity index (χ3v) is 1.36. The average Bonchev–Trinajstić information content (AvgIpc) is 1.61. The molecule has 4 heteroatoms. The third kappa shape index (κ3) is 2.01. The fourth-order valence-electron chi connectivity index (χ4n) is 0.324. The summed E-state index contributed by atoms with van der Waals surface area (Å²) in [5, 5.41) is 0. The minimum absolute atomic E-state index is 0.285. The van der Waals surface area contributed by atoms with Gasteiger partial charge in [0.2, 0.25) is 0 Å². The van der Waals surface area contributed by atoms with Gasteiger partial charge >= 0.3 is 6.18 Å². The highest BCUT2D eigenvalue weighted by Gasteiger charge is 2.46. The summed E-state index contributed by atoms with van der Waals surface area (Å²) in [5.74, 6) is 0. The third-order valence-electron chi connectivity index (χ3n) is 1.36. The van der Waals surface area contributed by atoms with Crippen molar-refractivity contribution in [1.82, 2.24) is 0 Å². The first-order valence-electron chi connectivity index (χ1n) is 2.81. The topological polar surface area (TPSA) is 17.1 Å². The summed E-state index contributed by atoms with van der Waals surface area (Å²) in [5.41, 5.74) is -1.88. The standard InChI is InChI=1S/C6H9F3O/c1-5(2,3-4-10)6(7,8)9/h4H,3H2,1-2H3. The van der Waals surface area contributed by atoms with Crippen LogP contribution in [0.1, 0.15) is 20.3 Å². The molecule has 0 heterocycles. The molecule has 0 unspecified atom stereocenters. The van der Waals surface area contributed by atoms with E-state index in [0.29, 0.717) is 0 Å². The highest BCUT2D eigenvalue weighted by molar-refractivity contribution is 5.50. The molecule has 0 N–H and O–H groups in total. The number of aldehydes is 1. The zero-order valence-electron chi connectivity index (χ0n) is 5.83. The molecule has 1 nitrogen and oxygen atoms in total. The zero-order chi connectivity index (χ0) is 8.41. The molecule has 0 aliphatic rings. The van der Waals surface area contributed by atoms with Crippen molar-refractivity contribution >= 4 is 6.29 Å². The van der Waals surface area contributed by atoms with Crippen LogP contribution >= 0.6 is 0 Å². The van der Waals surface area contributed by atoms with Crippen molar-refractivity contribution in [2.45, 2.75) is 26.4 Å². The average molecular weight is 154 g/mol. The molecule has 0 amide bonds. The van der Waals surface area contributed by atoms with E-state index in [-0.39, 0.29) is 6.29 Å². The monoisotopic (exact) mass is 154 g/mol. The normalized spacial score (nSPS) is 13.3. The van der Waals surface area contributed by atoms with Gasteiger partial charge in [-0.2, -0.15) is 13.2 Å². The van der Waals surface area contributed by atoms with E-state index in [0.717, 1.165) is 13.8 Å². The Balaban J connectivity index is 4.23. The van der Waals surface area contributed by atoms with Gasteiger partial charge in [-0.05, 0) is 0 Å². The van der Waals surface area contributed by atoms with Gasteiger partial charge in [-0.3, -0.25) is 0 Å². The summed E-state index contributed by atoms with van der Waals surface area (Å²) >= 11 is 0. The first kappa shape index (κ1) is 9.46. The van der Waals surface area contributed by atoms with Crippen LogP contribution in [0.15, 0.2) is 0 Å². The minimum atomic E-state index is -4.28. The van der Waals surface area contributed by atoms with E-state index in [1.54, 1.807) is 0 Å². The molecule has 0 bridgehead atoms. The lowest BCUT2D eigenvalue weighted by Crippen LogP contribution is -2.32. The van der Waals surface area contributed by atoms with Gasteiger partial charge in [0.15, 0.2) is 0 Å². The van der Waals surface area contributed by atoms with Gasteiger partial charge in [0, 0.05) is 6.42 Å². The maximum atomic E-state index is 11.9. The Morgan fingerprint density at radius 1 is 1.30 bits per heavy atom. The lowest BCUT2D eigenvalue weighted by atomic mass is 9.89. The van der Waals surface area contributed by atoms with E-state index in [1.807, 2.05) is 0 Å². The fourth-order valence-corrected chi connectivity index (χ4v) is 0.324. The van der Waals surface area contributed by atoms with Crippen LogP contribution in [0.4, 0.5) is 13.2 Å². The van der Waals surface area contributed by atoms with E-state index in [1.165, 1.54) is 0 Å². The maximum absolute atomic E-state index is 11.9. The van der Waals surface area contributed by atoms with E-state index in [2.05, 4.69) is 0 Å². The summed E-state index contributed by atoms with van der Waals surface area (Å²) in [6.45, 7) is 2.00. The minimum Gasteiger partial charge on any atom is -0.303 e. The second-order valence-corrected chi connectivity index (χ2v) is 2.75. The van der Waals surface area contributed by atoms with Crippen molar-refractivity contribution in [3.05, 3.63) is 0 Å². The lowest BCUT2D eigenvalue weighted by molar-refractivity contribution is -0.212. The van der Waals surface area contributed by atoms with Gasteiger partial charge in [0.05, 0.1) is 5.41 Å². The summed E-state index contributed by atoms with van der Waals surface area (Å²) in [6, 6.07) is 0. The predicted molar refractivity (Wildman–Crippen MR) is 30.5 cm³/mol. The highest BCUT2D eigenvalue weighted by atomic mass is 19.4. The summed E-state index contributed by atoms with van der Waals surface area (Å²) in [7, 11) is 0. The number of carbonyl (C=O) groups excluding carboxylic acids is 1. The van der Waals surface area contributed by atoms with Gasteiger partial charge < -0.3 is 4.79 Å². The molecule has 0 aliphatic heterocycles. The molecule has 0 aromatic carbocycles. The molecule has 0 aromatic rings. The fraction of sp³-hybridized carbons (Fsp3) is 0.833. The predicted octanol–water partition coefficient (Wildman–Crippen LogP) is 2.16. The Morgan fingerprint density at radius 3 is 1.80 bits per heavy atom. The molecule has 0 saturated carbocycles. The number of halogens is 3. The molecule has 0 aromatic heterocycles. The van der Waals surface area contributed by atoms with Crippen LogP contribution in [0.2, 0.25) is 0 Å². The van der Waals surface area contributed by atoms with Crippen LogP contribution in [-0.4, -0.2) is 12.5 Å². The van der Waals surface area contributed by atoms with Crippen LogP contribution < -0.4 is 0 Å². The second-order valence-electron chi connectivity index (χ2n) is 2.75. The van der Waals surface area contributed by atoms with Crippen molar-refractivity contribution in [2.24, 2.45) is 5.41 Å². The van der Waals surface area contributed by atoms with Crippen LogP contribution in [0.5, 0.6) is 0 Å². The van der Waals surface area contributed by atoms with Gasteiger partial charge in [-0.25, -0.2) is 0 Å². The first-order chi connectivity index (χ1) is 4.31. The molecule has 10 heavy (non-hydrogen) atoms. The molecule has 0 radical (unpaired) electrons. The van der Waals surface area contributed by atoms with Crippen LogP contribution in [0, 0.1) is 5.41 Å². The number of hydrogen-bond acceptors (Lipinski definition) is 1. The largest absolute Gasteiger partial charge is 0.394 e. The van der Waals surface area contributed by atoms with Crippen molar-refractivity contribution in [3.8, 4) is 0 Å². The first-order valence-corrected chi connectivity index (χ1v) is 2.81. The number of carbonyl (C=O) groups is 1.